The molecule has 0 radical (unpaired) electrons. The van der Waals surface area contributed by atoms with Crippen LogP contribution in [0.5, 0.6) is 11.5 Å². The van der Waals surface area contributed by atoms with Crippen LogP contribution in [0.15, 0.2) is 30.4 Å². The summed E-state index contributed by atoms with van der Waals surface area (Å²) in [5, 5.41) is 8.37. The first-order valence-corrected chi connectivity index (χ1v) is 4.99. The summed E-state index contributed by atoms with van der Waals surface area (Å²) in [5.74, 6) is -0.0167. The minimum Gasteiger partial charge on any atom is -0.489 e. The number of fused-ring (bicyclic) bond motifs is 1. The smallest absolute Gasteiger partial charge is 0.328 e. The fraction of sp³-hybridized carbons (Fsp3) is 0.167. The third-order valence-electron chi connectivity index (χ3n) is 2.22. The molecule has 0 aromatic heterocycles. The van der Waals surface area contributed by atoms with Crippen molar-refractivity contribution < 1.29 is 24.2 Å². The summed E-state index contributed by atoms with van der Waals surface area (Å²) in [6, 6.07) is 4.91. The van der Waals surface area contributed by atoms with E-state index < -0.39 is 5.97 Å². The van der Waals surface area contributed by atoms with E-state index >= 15 is 0 Å². The molecular weight excluding hydrogens is 224 g/mol. The molecule has 1 aliphatic rings. The van der Waals surface area contributed by atoms with E-state index in [1.165, 1.54) is 6.08 Å². The third kappa shape index (κ3) is 2.63. The molecule has 5 heteroatoms. The zero-order valence-electron chi connectivity index (χ0n) is 8.88. The molecule has 88 valence electrons. The van der Waals surface area contributed by atoms with Crippen LogP contribution in [0.25, 0.3) is 0 Å². The van der Waals surface area contributed by atoms with E-state index in [1.54, 1.807) is 18.2 Å². The molecule has 0 saturated heterocycles. The second-order valence-corrected chi connectivity index (χ2v) is 3.42. The monoisotopic (exact) mass is 234 g/mol. The Balaban J connectivity index is 1.99. The number of hydrogen-bond donors (Lipinski definition) is 1. The van der Waals surface area contributed by atoms with Gasteiger partial charge in [0.15, 0.2) is 6.61 Å². The highest BCUT2D eigenvalue weighted by molar-refractivity contribution is 6.02. The Morgan fingerprint density at radius 2 is 2.35 bits per heavy atom. The van der Waals surface area contributed by atoms with Crippen molar-refractivity contribution >= 4 is 11.8 Å². The van der Waals surface area contributed by atoms with Crippen LogP contribution < -0.4 is 9.47 Å². The summed E-state index contributed by atoms with van der Waals surface area (Å²) < 4.78 is 10.4. The van der Waals surface area contributed by atoms with E-state index in [4.69, 9.17) is 14.6 Å². The zero-order valence-corrected chi connectivity index (χ0v) is 8.88. The summed E-state index contributed by atoms with van der Waals surface area (Å²) in [5.41, 5.74) is 0.554. The van der Waals surface area contributed by atoms with Gasteiger partial charge in [-0.2, -0.15) is 0 Å². The van der Waals surface area contributed by atoms with Gasteiger partial charge < -0.3 is 14.6 Å². The van der Waals surface area contributed by atoms with Crippen LogP contribution in [0.2, 0.25) is 0 Å². The highest BCUT2D eigenvalue weighted by atomic mass is 16.5. The van der Waals surface area contributed by atoms with Crippen molar-refractivity contribution in [3.8, 4) is 11.5 Å². The van der Waals surface area contributed by atoms with Crippen molar-refractivity contribution in [3.63, 3.8) is 0 Å². The molecule has 0 fully saturated rings. The Morgan fingerprint density at radius 3 is 3.12 bits per heavy atom. The van der Waals surface area contributed by atoms with Gasteiger partial charge in [-0.3, -0.25) is 4.79 Å². The third-order valence-corrected chi connectivity index (χ3v) is 2.22. The summed E-state index contributed by atoms with van der Waals surface area (Å²) in [7, 11) is 0. The van der Waals surface area contributed by atoms with Gasteiger partial charge in [0.1, 0.15) is 18.1 Å². The average molecular weight is 234 g/mol. The van der Waals surface area contributed by atoms with Crippen molar-refractivity contribution in [3.05, 3.63) is 35.9 Å². The predicted octanol–water partition coefficient (Wildman–Crippen LogP) is 1.28. The molecular formula is C12H10O5. The molecule has 0 amide bonds. The van der Waals surface area contributed by atoms with Crippen LogP contribution in [0, 0.1) is 0 Å². The minimum absolute atomic E-state index is 0.0441. The fourth-order valence-corrected chi connectivity index (χ4v) is 1.46. The number of ether oxygens (including phenoxy) is 2. The maximum Gasteiger partial charge on any atom is 0.328 e. The maximum atomic E-state index is 11.3. The lowest BCUT2D eigenvalue weighted by atomic mass is 10.1. The number of carbonyl (C=O) groups excluding carboxylic acids is 1. The normalized spacial score (nSPS) is 13.5. The number of carboxylic acids is 1. The highest BCUT2D eigenvalue weighted by Gasteiger charge is 2.21. The van der Waals surface area contributed by atoms with Crippen LogP contribution >= 0.6 is 0 Å². The molecule has 5 nitrogen and oxygen atoms in total. The van der Waals surface area contributed by atoms with Gasteiger partial charge in [-0.1, -0.05) is 0 Å². The van der Waals surface area contributed by atoms with E-state index in [2.05, 4.69) is 0 Å². The van der Waals surface area contributed by atoms with Gasteiger partial charge >= 0.3 is 5.97 Å². The topological polar surface area (TPSA) is 72.8 Å². The van der Waals surface area contributed by atoms with Gasteiger partial charge in [0.25, 0.3) is 0 Å². The molecule has 0 saturated carbocycles. The van der Waals surface area contributed by atoms with Crippen molar-refractivity contribution in [2.45, 2.75) is 0 Å². The van der Waals surface area contributed by atoms with Crippen LogP contribution in [-0.2, 0) is 4.79 Å². The fourth-order valence-electron chi connectivity index (χ4n) is 1.46. The molecule has 0 atom stereocenters. The Morgan fingerprint density at radius 1 is 1.53 bits per heavy atom. The van der Waals surface area contributed by atoms with E-state index in [0.29, 0.717) is 17.1 Å². The summed E-state index contributed by atoms with van der Waals surface area (Å²) in [4.78, 5) is 21.5. The Labute approximate surface area is 97.3 Å². The van der Waals surface area contributed by atoms with E-state index in [-0.39, 0.29) is 19.0 Å². The summed E-state index contributed by atoms with van der Waals surface area (Å²) in [6.45, 7) is 0.219. The van der Waals surface area contributed by atoms with Crippen molar-refractivity contribution in [2.75, 3.05) is 13.2 Å². The number of Topliss-reactive ketones (excluding diaryl/α,β-unsaturated/α-hetero) is 1. The van der Waals surface area contributed by atoms with Crippen LogP contribution in [-0.4, -0.2) is 30.1 Å². The second kappa shape index (κ2) is 4.69. The predicted molar refractivity (Wildman–Crippen MR) is 58.5 cm³/mol. The largest absolute Gasteiger partial charge is 0.489 e. The van der Waals surface area contributed by atoms with E-state index in [1.807, 2.05) is 0 Å². The lowest BCUT2D eigenvalue weighted by Crippen LogP contribution is -1.98. The molecule has 1 heterocycles. The van der Waals surface area contributed by atoms with Gasteiger partial charge in [-0.15, -0.1) is 0 Å². The first-order valence-electron chi connectivity index (χ1n) is 4.99. The Kier molecular flexibility index (Phi) is 3.09. The number of carbonyl (C=O) groups is 2. The number of aliphatic carboxylic acids is 1. The SMILES string of the molecule is O=C(O)C=CCOc1ccc2c(c1)OCC2=O. The van der Waals surface area contributed by atoms with E-state index in [9.17, 15) is 9.59 Å². The van der Waals surface area contributed by atoms with Gasteiger partial charge in [0.2, 0.25) is 5.78 Å². The minimum atomic E-state index is -1.02. The molecule has 1 aromatic carbocycles. The summed E-state index contributed by atoms with van der Waals surface area (Å²) in [6.07, 6.45) is 2.40. The highest BCUT2D eigenvalue weighted by Crippen LogP contribution is 2.29. The molecule has 0 unspecified atom stereocenters. The second-order valence-electron chi connectivity index (χ2n) is 3.42. The molecule has 17 heavy (non-hydrogen) atoms. The lowest BCUT2D eigenvalue weighted by molar-refractivity contribution is -0.131. The number of rotatable bonds is 4. The maximum absolute atomic E-state index is 11.3. The number of hydrogen-bond acceptors (Lipinski definition) is 4. The molecule has 1 aromatic rings. The Hall–Kier alpha value is -2.30. The summed E-state index contributed by atoms with van der Waals surface area (Å²) >= 11 is 0. The van der Waals surface area contributed by atoms with Crippen LogP contribution in [0.4, 0.5) is 0 Å². The molecule has 0 aliphatic carbocycles. The van der Waals surface area contributed by atoms with Gasteiger partial charge in [-0.05, 0) is 18.2 Å². The molecule has 1 aliphatic heterocycles. The first kappa shape index (κ1) is 11.2. The Bertz CT molecular complexity index is 490. The zero-order chi connectivity index (χ0) is 12.3. The van der Waals surface area contributed by atoms with Crippen molar-refractivity contribution in [1.29, 1.82) is 0 Å². The van der Waals surface area contributed by atoms with E-state index in [0.717, 1.165) is 6.08 Å². The molecule has 0 spiro atoms. The molecule has 0 bridgehead atoms. The average Bonchev–Trinajstić information content (AvgIpc) is 2.66. The lowest BCUT2D eigenvalue weighted by Gasteiger charge is -2.04. The van der Waals surface area contributed by atoms with Gasteiger partial charge in [0.05, 0.1) is 5.56 Å². The first-order chi connectivity index (χ1) is 8.16. The van der Waals surface area contributed by atoms with Crippen molar-refractivity contribution in [2.24, 2.45) is 0 Å². The van der Waals surface area contributed by atoms with Gasteiger partial charge in [0, 0.05) is 12.1 Å². The van der Waals surface area contributed by atoms with Crippen LogP contribution in [0.3, 0.4) is 0 Å². The number of carboxylic acid groups (broad SMARTS) is 1. The standard InChI is InChI=1S/C12H10O5/c13-10-7-17-11-6-8(3-4-9(10)11)16-5-1-2-12(14)15/h1-4,6H,5,7H2,(H,14,15). The number of benzene rings is 1. The quantitative estimate of drug-likeness (QED) is 0.794. The molecule has 2 rings (SSSR count). The van der Waals surface area contributed by atoms with Gasteiger partial charge in [-0.25, -0.2) is 4.79 Å². The molecule has 1 N–H and O–H groups in total. The van der Waals surface area contributed by atoms with Crippen molar-refractivity contribution in [1.82, 2.24) is 0 Å². The number of ketones is 1. The van der Waals surface area contributed by atoms with Crippen LogP contribution in [0.1, 0.15) is 10.4 Å².